The molecule has 114 valence electrons. The highest BCUT2D eigenvalue weighted by molar-refractivity contribution is 7.89. The van der Waals surface area contributed by atoms with E-state index in [1.807, 2.05) is 4.72 Å². The lowest BCUT2D eigenvalue weighted by Gasteiger charge is -2.14. The van der Waals surface area contributed by atoms with Gasteiger partial charge in [-0.3, -0.25) is 14.9 Å². The molecule has 0 aromatic heterocycles. The van der Waals surface area contributed by atoms with Gasteiger partial charge in [0, 0.05) is 0 Å². The van der Waals surface area contributed by atoms with Crippen molar-refractivity contribution in [3.8, 4) is 0 Å². The SMILES string of the molecule is O=C(O)C1(NS(=O)(=O)c2ccc(Cl)c([N+](=O)[O-])c2Cl)CC1. The van der Waals surface area contributed by atoms with E-state index in [0.717, 1.165) is 12.1 Å². The van der Waals surface area contributed by atoms with Crippen LogP contribution in [0.2, 0.25) is 10.0 Å². The van der Waals surface area contributed by atoms with Crippen LogP contribution in [0.5, 0.6) is 0 Å². The first kappa shape index (κ1) is 16.0. The number of nitro groups is 1. The van der Waals surface area contributed by atoms with E-state index < -0.39 is 42.1 Å². The third-order valence-corrected chi connectivity index (χ3v) is 5.37. The van der Waals surface area contributed by atoms with Gasteiger partial charge in [-0.1, -0.05) is 23.2 Å². The Morgan fingerprint density at radius 1 is 1.38 bits per heavy atom. The normalized spacial score (nSPS) is 16.5. The Kier molecular flexibility index (Phi) is 3.87. The Morgan fingerprint density at radius 2 is 1.95 bits per heavy atom. The van der Waals surface area contributed by atoms with E-state index in [4.69, 9.17) is 28.3 Å². The van der Waals surface area contributed by atoms with Crippen molar-refractivity contribution < 1.29 is 23.2 Å². The van der Waals surface area contributed by atoms with Gasteiger partial charge in [-0.25, -0.2) is 8.42 Å². The quantitative estimate of drug-likeness (QED) is 0.612. The Labute approximate surface area is 128 Å². The standard InChI is InChI=1S/C10H8Cl2N2O6S/c11-5-1-2-6(7(12)8(5)14(17)18)21(19,20)13-10(3-4-10)9(15)16/h1-2,13H,3-4H2,(H,15,16). The predicted octanol–water partition coefficient (Wildman–Crippen LogP) is 1.80. The molecule has 8 nitrogen and oxygen atoms in total. The number of nitrogens with zero attached hydrogens (tertiary/aromatic N) is 1. The second-order valence-corrected chi connectivity index (χ2v) is 6.89. The first-order valence-corrected chi connectivity index (χ1v) is 7.74. The number of aliphatic carboxylic acids is 1. The molecule has 0 spiro atoms. The molecule has 21 heavy (non-hydrogen) atoms. The van der Waals surface area contributed by atoms with E-state index >= 15 is 0 Å². The van der Waals surface area contributed by atoms with Crippen molar-refractivity contribution in [3.63, 3.8) is 0 Å². The number of carbonyl (C=O) groups is 1. The first-order chi connectivity index (χ1) is 9.61. The maximum Gasteiger partial charge on any atom is 0.324 e. The summed E-state index contributed by atoms with van der Waals surface area (Å²) in [7, 11) is -4.33. The van der Waals surface area contributed by atoms with Gasteiger partial charge in [0.1, 0.15) is 20.5 Å². The second kappa shape index (κ2) is 5.09. The summed E-state index contributed by atoms with van der Waals surface area (Å²) < 4.78 is 26.4. The van der Waals surface area contributed by atoms with Crippen LogP contribution in [0.25, 0.3) is 0 Å². The lowest BCUT2D eigenvalue weighted by atomic mass is 10.3. The number of benzene rings is 1. The number of sulfonamides is 1. The Morgan fingerprint density at radius 3 is 2.38 bits per heavy atom. The summed E-state index contributed by atoms with van der Waals surface area (Å²) >= 11 is 11.3. The second-order valence-electron chi connectivity index (χ2n) is 4.46. The van der Waals surface area contributed by atoms with Crippen molar-refractivity contribution in [2.24, 2.45) is 0 Å². The van der Waals surface area contributed by atoms with E-state index in [-0.39, 0.29) is 17.9 Å². The molecule has 0 heterocycles. The number of hydrogen-bond acceptors (Lipinski definition) is 5. The van der Waals surface area contributed by atoms with Crippen molar-refractivity contribution in [1.82, 2.24) is 4.72 Å². The molecule has 2 N–H and O–H groups in total. The molecule has 1 aromatic carbocycles. The molecule has 0 aliphatic heterocycles. The fourth-order valence-corrected chi connectivity index (χ4v) is 4.00. The highest BCUT2D eigenvalue weighted by atomic mass is 35.5. The van der Waals surface area contributed by atoms with Gasteiger partial charge in [0.15, 0.2) is 0 Å². The zero-order chi connectivity index (χ0) is 16.0. The molecule has 1 aliphatic rings. The zero-order valence-electron chi connectivity index (χ0n) is 10.2. The average Bonchev–Trinajstić information content (AvgIpc) is 3.08. The minimum Gasteiger partial charge on any atom is -0.480 e. The smallest absolute Gasteiger partial charge is 0.324 e. The molecular weight excluding hydrogens is 347 g/mol. The number of rotatable bonds is 5. The molecule has 0 atom stereocenters. The van der Waals surface area contributed by atoms with Crippen LogP contribution >= 0.6 is 23.2 Å². The molecule has 0 unspecified atom stereocenters. The number of nitro benzene ring substituents is 1. The van der Waals surface area contributed by atoms with Crippen molar-refractivity contribution in [1.29, 1.82) is 0 Å². The number of hydrogen-bond donors (Lipinski definition) is 2. The van der Waals surface area contributed by atoms with Gasteiger partial charge < -0.3 is 5.11 Å². The molecule has 11 heteroatoms. The summed E-state index contributed by atoms with van der Waals surface area (Å²) in [5, 5.41) is 18.9. The molecular formula is C10H8Cl2N2O6S. The summed E-state index contributed by atoms with van der Waals surface area (Å²) in [6, 6.07) is 2.00. The largest absolute Gasteiger partial charge is 0.480 e. The molecule has 1 saturated carbocycles. The van der Waals surface area contributed by atoms with Gasteiger partial charge in [-0.05, 0) is 25.0 Å². The molecule has 0 radical (unpaired) electrons. The van der Waals surface area contributed by atoms with Gasteiger partial charge in [-0.15, -0.1) is 0 Å². The fraction of sp³-hybridized carbons (Fsp3) is 0.300. The van der Waals surface area contributed by atoms with Crippen molar-refractivity contribution in [3.05, 3.63) is 32.3 Å². The molecule has 1 aliphatic carbocycles. The van der Waals surface area contributed by atoms with Crippen molar-refractivity contribution in [2.45, 2.75) is 23.3 Å². The minimum atomic E-state index is -4.33. The lowest BCUT2D eigenvalue weighted by Crippen LogP contribution is -2.43. The maximum absolute atomic E-state index is 12.2. The minimum absolute atomic E-state index is 0.134. The third-order valence-electron chi connectivity index (χ3n) is 2.99. The number of carboxylic acids is 1. The van der Waals surface area contributed by atoms with E-state index in [1.54, 1.807) is 0 Å². The van der Waals surface area contributed by atoms with Crippen molar-refractivity contribution >= 4 is 44.9 Å². The highest BCUT2D eigenvalue weighted by Gasteiger charge is 2.53. The van der Waals surface area contributed by atoms with Crippen molar-refractivity contribution in [2.75, 3.05) is 0 Å². The highest BCUT2D eigenvalue weighted by Crippen LogP contribution is 2.40. The van der Waals surface area contributed by atoms with Crippen LogP contribution in [-0.2, 0) is 14.8 Å². The van der Waals surface area contributed by atoms with Crippen LogP contribution in [-0.4, -0.2) is 30.0 Å². The number of nitrogens with one attached hydrogen (secondary N) is 1. The summed E-state index contributed by atoms with van der Waals surface area (Å²) in [5.74, 6) is -1.31. The zero-order valence-corrected chi connectivity index (χ0v) is 12.5. The van der Waals surface area contributed by atoms with Crippen LogP contribution in [0.3, 0.4) is 0 Å². The summed E-state index contributed by atoms with van der Waals surface area (Å²) in [5.41, 5.74) is -2.32. The van der Waals surface area contributed by atoms with E-state index in [9.17, 15) is 23.3 Å². The Hall–Kier alpha value is -1.42. The van der Waals surface area contributed by atoms with Crippen LogP contribution < -0.4 is 4.72 Å². The fourth-order valence-electron chi connectivity index (χ4n) is 1.69. The van der Waals surface area contributed by atoms with Crippen LogP contribution in [0.1, 0.15) is 12.8 Å². The predicted molar refractivity (Wildman–Crippen MR) is 73.0 cm³/mol. The summed E-state index contributed by atoms with van der Waals surface area (Å²) in [6.45, 7) is 0. The van der Waals surface area contributed by atoms with Gasteiger partial charge in [-0.2, -0.15) is 4.72 Å². The molecule has 0 saturated heterocycles. The van der Waals surface area contributed by atoms with Crippen LogP contribution in [0, 0.1) is 10.1 Å². The number of halogens is 2. The molecule has 0 amide bonds. The molecule has 0 bridgehead atoms. The van der Waals surface area contributed by atoms with E-state index in [2.05, 4.69) is 0 Å². The topological polar surface area (TPSA) is 127 Å². The van der Waals surface area contributed by atoms with Gasteiger partial charge in [0.2, 0.25) is 10.0 Å². The van der Waals surface area contributed by atoms with Crippen LogP contribution in [0.4, 0.5) is 5.69 Å². The van der Waals surface area contributed by atoms with Gasteiger partial charge >= 0.3 is 11.7 Å². The third kappa shape index (κ3) is 2.82. The number of carboxylic acid groups (broad SMARTS) is 1. The van der Waals surface area contributed by atoms with E-state index in [1.165, 1.54) is 0 Å². The first-order valence-electron chi connectivity index (χ1n) is 5.50. The Bertz CT molecular complexity index is 744. The lowest BCUT2D eigenvalue weighted by molar-refractivity contribution is -0.384. The average molecular weight is 355 g/mol. The summed E-state index contributed by atoms with van der Waals surface area (Å²) in [4.78, 5) is 20.4. The monoisotopic (exact) mass is 354 g/mol. The molecule has 2 rings (SSSR count). The van der Waals surface area contributed by atoms with Gasteiger partial charge in [0.25, 0.3) is 0 Å². The van der Waals surface area contributed by atoms with Gasteiger partial charge in [0.05, 0.1) is 4.92 Å². The van der Waals surface area contributed by atoms with Crippen LogP contribution in [0.15, 0.2) is 17.0 Å². The molecule has 1 fully saturated rings. The summed E-state index contributed by atoms with van der Waals surface area (Å²) in [6.07, 6.45) is 0.268. The Balaban J connectivity index is 2.49. The maximum atomic E-state index is 12.2. The molecule has 1 aromatic rings. The van der Waals surface area contributed by atoms with E-state index in [0.29, 0.717) is 0 Å².